The minimum Gasteiger partial charge on any atom is -0.307 e. The van der Waals surface area contributed by atoms with E-state index >= 15 is 0 Å². The third-order valence-corrected chi connectivity index (χ3v) is 3.71. The molecular weight excluding hydrogens is 328 g/mol. The third-order valence-electron chi connectivity index (χ3n) is 3.22. The van der Waals surface area contributed by atoms with Crippen LogP contribution in [-0.2, 0) is 0 Å². The molecule has 0 bridgehead atoms. The largest absolute Gasteiger partial charge is 0.307 e. The number of hydrogen-bond donors (Lipinski definition) is 1. The van der Waals surface area contributed by atoms with Gasteiger partial charge in [0.05, 0.1) is 0 Å². The summed E-state index contributed by atoms with van der Waals surface area (Å²) in [5, 5.41) is 4.94. The summed E-state index contributed by atoms with van der Waals surface area (Å²) in [6.07, 6.45) is 1.68. The Labute approximate surface area is 131 Å². The van der Waals surface area contributed by atoms with Crippen LogP contribution in [0.15, 0.2) is 59.2 Å². The van der Waals surface area contributed by atoms with E-state index in [9.17, 15) is 4.79 Å². The van der Waals surface area contributed by atoms with Crippen molar-refractivity contribution in [2.45, 2.75) is 6.92 Å². The first-order valence-corrected chi connectivity index (χ1v) is 7.34. The lowest BCUT2D eigenvalue weighted by Gasteiger charge is -2.06. The fourth-order valence-corrected chi connectivity index (χ4v) is 2.53. The summed E-state index contributed by atoms with van der Waals surface area (Å²) in [4.78, 5) is 16.4. The summed E-state index contributed by atoms with van der Waals surface area (Å²) in [7, 11) is 0. The zero-order chi connectivity index (χ0) is 14.8. The molecule has 0 atom stereocenters. The molecule has 21 heavy (non-hydrogen) atoms. The van der Waals surface area contributed by atoms with Gasteiger partial charge >= 0.3 is 0 Å². The molecule has 0 saturated heterocycles. The van der Waals surface area contributed by atoms with E-state index in [1.807, 2.05) is 55.5 Å². The Morgan fingerprint density at radius 1 is 1.05 bits per heavy atom. The van der Waals surface area contributed by atoms with E-state index in [2.05, 4.69) is 26.2 Å². The van der Waals surface area contributed by atoms with Crippen LogP contribution in [0.2, 0.25) is 0 Å². The summed E-state index contributed by atoms with van der Waals surface area (Å²) >= 11 is 3.44. The van der Waals surface area contributed by atoms with Crippen LogP contribution in [-0.4, -0.2) is 10.9 Å². The molecule has 0 aliphatic carbocycles. The lowest BCUT2D eigenvalue weighted by atomic mass is 10.1. The van der Waals surface area contributed by atoms with Gasteiger partial charge in [0.15, 0.2) is 0 Å². The molecule has 0 spiro atoms. The molecule has 0 aliphatic rings. The van der Waals surface area contributed by atoms with Crippen molar-refractivity contribution in [2.24, 2.45) is 0 Å². The molecule has 104 valence electrons. The highest BCUT2D eigenvalue weighted by Crippen LogP contribution is 2.21. The van der Waals surface area contributed by atoms with Crippen LogP contribution in [0.3, 0.4) is 0 Å². The number of halogens is 1. The zero-order valence-corrected chi connectivity index (χ0v) is 13.0. The smallest absolute Gasteiger partial charge is 0.256 e. The monoisotopic (exact) mass is 340 g/mol. The number of benzene rings is 2. The number of fused-ring (bicyclic) bond motifs is 1. The maximum atomic E-state index is 12.3. The van der Waals surface area contributed by atoms with Gasteiger partial charge in [-0.15, -0.1) is 0 Å². The fraction of sp³-hybridized carbons (Fsp3) is 0.0588. The zero-order valence-electron chi connectivity index (χ0n) is 11.4. The molecule has 0 radical (unpaired) electrons. The second-order valence-electron chi connectivity index (χ2n) is 4.88. The van der Waals surface area contributed by atoms with Crippen molar-refractivity contribution in [2.75, 3.05) is 5.32 Å². The number of rotatable bonds is 2. The van der Waals surface area contributed by atoms with Gasteiger partial charge in [0.1, 0.15) is 5.82 Å². The Balaban J connectivity index is 1.89. The molecule has 1 N–H and O–H groups in total. The summed E-state index contributed by atoms with van der Waals surface area (Å²) < 4.78 is 1.02. The highest BCUT2D eigenvalue weighted by molar-refractivity contribution is 9.10. The summed E-state index contributed by atoms with van der Waals surface area (Å²) in [5.74, 6) is 0.411. The quantitative estimate of drug-likeness (QED) is 0.743. The maximum absolute atomic E-state index is 12.3. The second-order valence-corrected chi connectivity index (χ2v) is 5.79. The van der Waals surface area contributed by atoms with Crippen LogP contribution < -0.4 is 5.32 Å². The Bertz CT molecular complexity index is 830. The van der Waals surface area contributed by atoms with Crippen LogP contribution in [0.5, 0.6) is 0 Å². The second kappa shape index (κ2) is 5.66. The van der Waals surface area contributed by atoms with Gasteiger partial charge in [0.2, 0.25) is 0 Å². The Hall–Kier alpha value is -2.20. The maximum Gasteiger partial charge on any atom is 0.256 e. The molecule has 0 aliphatic heterocycles. The summed E-state index contributed by atoms with van der Waals surface area (Å²) in [6, 6.07) is 15.4. The standard InChI is InChI=1S/C17H13BrN2O/c1-11-6-7-19-16(8-11)20-17(21)14-3-2-13-10-15(18)5-4-12(13)9-14/h2-10H,1H3,(H,19,20,21). The minimum absolute atomic E-state index is 0.155. The van der Waals surface area contributed by atoms with Gasteiger partial charge in [-0.1, -0.05) is 28.1 Å². The van der Waals surface area contributed by atoms with Crippen LogP contribution in [0, 0.1) is 6.92 Å². The molecule has 3 nitrogen and oxygen atoms in total. The first-order chi connectivity index (χ1) is 10.1. The number of hydrogen-bond acceptors (Lipinski definition) is 2. The summed E-state index contributed by atoms with van der Waals surface area (Å²) in [6.45, 7) is 1.96. The topological polar surface area (TPSA) is 42.0 Å². The van der Waals surface area contributed by atoms with Crippen molar-refractivity contribution in [1.82, 2.24) is 4.98 Å². The van der Waals surface area contributed by atoms with E-state index in [0.717, 1.165) is 20.8 Å². The van der Waals surface area contributed by atoms with E-state index < -0.39 is 0 Å². The lowest BCUT2D eigenvalue weighted by molar-refractivity contribution is 0.102. The molecule has 4 heteroatoms. The predicted molar refractivity (Wildman–Crippen MR) is 88.6 cm³/mol. The number of aromatic nitrogens is 1. The molecular formula is C17H13BrN2O. The molecule has 1 heterocycles. The van der Waals surface area contributed by atoms with Crippen molar-refractivity contribution in [3.63, 3.8) is 0 Å². The van der Waals surface area contributed by atoms with E-state index in [0.29, 0.717) is 11.4 Å². The van der Waals surface area contributed by atoms with Gasteiger partial charge in [-0.25, -0.2) is 4.98 Å². The van der Waals surface area contributed by atoms with Crippen LogP contribution >= 0.6 is 15.9 Å². The first-order valence-electron chi connectivity index (χ1n) is 6.55. The van der Waals surface area contributed by atoms with Crippen molar-refractivity contribution in [3.05, 3.63) is 70.3 Å². The molecule has 0 fully saturated rings. The van der Waals surface area contributed by atoms with Crippen molar-refractivity contribution in [3.8, 4) is 0 Å². The van der Waals surface area contributed by atoms with Crippen molar-refractivity contribution < 1.29 is 4.79 Å². The van der Waals surface area contributed by atoms with E-state index in [1.54, 1.807) is 6.20 Å². The van der Waals surface area contributed by atoms with Crippen molar-refractivity contribution >= 4 is 38.4 Å². The fourth-order valence-electron chi connectivity index (χ4n) is 2.15. The van der Waals surface area contributed by atoms with E-state index in [4.69, 9.17) is 0 Å². The summed E-state index contributed by atoms with van der Waals surface area (Å²) in [5.41, 5.74) is 1.68. The number of aryl methyl sites for hydroxylation is 1. The Morgan fingerprint density at radius 2 is 1.81 bits per heavy atom. The van der Waals surface area contributed by atoms with Gasteiger partial charge in [-0.2, -0.15) is 0 Å². The molecule has 0 saturated carbocycles. The van der Waals surface area contributed by atoms with Crippen LogP contribution in [0.1, 0.15) is 15.9 Å². The molecule has 3 rings (SSSR count). The van der Waals surface area contributed by atoms with E-state index in [-0.39, 0.29) is 5.91 Å². The number of nitrogens with zero attached hydrogens (tertiary/aromatic N) is 1. The molecule has 1 amide bonds. The Morgan fingerprint density at radius 3 is 2.62 bits per heavy atom. The number of nitrogens with one attached hydrogen (secondary N) is 1. The van der Waals surface area contributed by atoms with Gasteiger partial charge < -0.3 is 5.32 Å². The highest BCUT2D eigenvalue weighted by Gasteiger charge is 2.08. The van der Waals surface area contributed by atoms with Gasteiger partial charge in [0.25, 0.3) is 5.91 Å². The number of anilines is 1. The number of carbonyl (C=O) groups excluding carboxylic acids is 1. The third kappa shape index (κ3) is 3.11. The molecule has 0 unspecified atom stereocenters. The van der Waals surface area contributed by atoms with Gasteiger partial charge in [-0.05, 0) is 59.7 Å². The predicted octanol–water partition coefficient (Wildman–Crippen LogP) is 4.56. The average molecular weight is 341 g/mol. The normalized spacial score (nSPS) is 10.6. The van der Waals surface area contributed by atoms with Crippen LogP contribution in [0.4, 0.5) is 5.82 Å². The van der Waals surface area contributed by atoms with Crippen molar-refractivity contribution in [1.29, 1.82) is 0 Å². The Kier molecular flexibility index (Phi) is 3.71. The first kappa shape index (κ1) is 13.8. The highest BCUT2D eigenvalue weighted by atomic mass is 79.9. The van der Waals surface area contributed by atoms with Gasteiger partial charge in [0, 0.05) is 16.2 Å². The SMILES string of the molecule is Cc1ccnc(NC(=O)c2ccc3cc(Br)ccc3c2)c1. The van der Waals surface area contributed by atoms with E-state index in [1.165, 1.54) is 0 Å². The molecule has 3 aromatic rings. The number of pyridine rings is 1. The molecule has 2 aromatic carbocycles. The average Bonchev–Trinajstić information content (AvgIpc) is 2.46. The lowest BCUT2D eigenvalue weighted by Crippen LogP contribution is -2.12. The number of amides is 1. The number of carbonyl (C=O) groups is 1. The van der Waals surface area contributed by atoms with Gasteiger partial charge in [-0.3, -0.25) is 4.79 Å². The molecule has 1 aromatic heterocycles. The minimum atomic E-state index is -0.155. The van der Waals surface area contributed by atoms with Crippen LogP contribution in [0.25, 0.3) is 10.8 Å².